The Morgan fingerprint density at radius 3 is 2.40 bits per heavy atom. The maximum Gasteiger partial charge on any atom is 0.243 e. The lowest BCUT2D eigenvalue weighted by molar-refractivity contribution is 0.296. The molecule has 1 aromatic rings. The van der Waals surface area contributed by atoms with E-state index in [1.165, 1.54) is 0 Å². The van der Waals surface area contributed by atoms with Crippen molar-refractivity contribution >= 4 is 26.0 Å². The molecule has 112 valence electrons. The molecule has 6 heteroatoms. The Labute approximate surface area is 129 Å². The molecule has 0 amide bonds. The zero-order valence-corrected chi connectivity index (χ0v) is 14.5. The van der Waals surface area contributed by atoms with Crippen LogP contribution >= 0.6 is 15.9 Å². The highest BCUT2D eigenvalue weighted by atomic mass is 79.9. The van der Waals surface area contributed by atoms with Crippen molar-refractivity contribution in [3.8, 4) is 0 Å². The van der Waals surface area contributed by atoms with Crippen molar-refractivity contribution in [1.82, 2.24) is 9.62 Å². The summed E-state index contributed by atoms with van der Waals surface area (Å²) in [4.78, 5) is 0.416. The molecule has 0 bridgehead atoms. The molecule has 1 fully saturated rings. The van der Waals surface area contributed by atoms with E-state index in [0.717, 1.165) is 41.5 Å². The van der Waals surface area contributed by atoms with Gasteiger partial charge in [0.25, 0.3) is 0 Å². The Morgan fingerprint density at radius 1 is 1.20 bits per heavy atom. The number of nitrogens with zero attached hydrogens (tertiary/aromatic N) is 1. The third-order valence-corrected chi connectivity index (χ3v) is 6.84. The Kier molecular flexibility index (Phi) is 4.89. The van der Waals surface area contributed by atoms with E-state index in [9.17, 15) is 8.42 Å². The van der Waals surface area contributed by atoms with Crippen LogP contribution in [-0.4, -0.2) is 38.9 Å². The standard InChI is InChI=1S/C14H21BrN2O2S/c1-10-9-14(11(2)8-13(10)15)20(18,19)17(3)12-4-6-16-7-5-12/h8-9,12,16H,4-7H2,1-3H3. The fraction of sp³-hybridized carbons (Fsp3) is 0.571. The van der Waals surface area contributed by atoms with Gasteiger partial charge in [-0.05, 0) is 63.0 Å². The highest BCUT2D eigenvalue weighted by Gasteiger charge is 2.30. The fourth-order valence-electron chi connectivity index (χ4n) is 2.55. The molecule has 0 aromatic heterocycles. The topological polar surface area (TPSA) is 49.4 Å². The van der Waals surface area contributed by atoms with Crippen LogP contribution in [0.3, 0.4) is 0 Å². The van der Waals surface area contributed by atoms with E-state index < -0.39 is 10.0 Å². The van der Waals surface area contributed by atoms with E-state index in [1.54, 1.807) is 17.4 Å². The van der Waals surface area contributed by atoms with Gasteiger partial charge in [0, 0.05) is 17.6 Å². The molecule has 0 saturated carbocycles. The molecule has 0 radical (unpaired) electrons. The minimum atomic E-state index is -3.42. The van der Waals surface area contributed by atoms with Crippen molar-refractivity contribution in [3.63, 3.8) is 0 Å². The van der Waals surface area contributed by atoms with Crippen LogP contribution in [0.1, 0.15) is 24.0 Å². The summed E-state index contributed by atoms with van der Waals surface area (Å²) in [5.41, 5.74) is 1.72. The van der Waals surface area contributed by atoms with Crippen molar-refractivity contribution in [1.29, 1.82) is 0 Å². The zero-order chi connectivity index (χ0) is 14.9. The van der Waals surface area contributed by atoms with E-state index in [2.05, 4.69) is 21.2 Å². The first-order valence-electron chi connectivity index (χ1n) is 6.79. The molecular weight excluding hydrogens is 340 g/mol. The number of aryl methyl sites for hydroxylation is 2. The van der Waals surface area contributed by atoms with Gasteiger partial charge in [-0.15, -0.1) is 0 Å². The number of hydrogen-bond acceptors (Lipinski definition) is 3. The van der Waals surface area contributed by atoms with Gasteiger partial charge in [-0.3, -0.25) is 0 Å². The minimum Gasteiger partial charge on any atom is -0.317 e. The molecule has 0 unspecified atom stereocenters. The summed E-state index contributed by atoms with van der Waals surface area (Å²) in [5, 5.41) is 3.26. The second-order valence-electron chi connectivity index (χ2n) is 5.37. The summed E-state index contributed by atoms with van der Waals surface area (Å²) in [6.07, 6.45) is 1.73. The first-order valence-corrected chi connectivity index (χ1v) is 9.03. The molecule has 1 aliphatic rings. The second-order valence-corrected chi connectivity index (χ2v) is 8.19. The van der Waals surface area contributed by atoms with Crippen LogP contribution in [0.15, 0.2) is 21.5 Å². The first-order chi connectivity index (χ1) is 9.34. The summed E-state index contributed by atoms with van der Waals surface area (Å²) in [6.45, 7) is 5.51. The van der Waals surface area contributed by atoms with Crippen LogP contribution < -0.4 is 5.32 Å². The third kappa shape index (κ3) is 3.08. The molecular formula is C14H21BrN2O2S. The lowest BCUT2D eigenvalue weighted by Gasteiger charge is -2.31. The number of hydrogen-bond donors (Lipinski definition) is 1. The van der Waals surface area contributed by atoms with Gasteiger partial charge in [0.1, 0.15) is 0 Å². The molecule has 1 N–H and O–H groups in total. The molecule has 1 aromatic carbocycles. The fourth-order valence-corrected chi connectivity index (χ4v) is 4.72. The van der Waals surface area contributed by atoms with Crippen LogP contribution in [0.25, 0.3) is 0 Å². The van der Waals surface area contributed by atoms with Gasteiger partial charge in [0.15, 0.2) is 0 Å². The smallest absolute Gasteiger partial charge is 0.243 e. The zero-order valence-electron chi connectivity index (χ0n) is 12.1. The largest absolute Gasteiger partial charge is 0.317 e. The quantitative estimate of drug-likeness (QED) is 0.900. The van der Waals surface area contributed by atoms with Crippen molar-refractivity contribution in [2.45, 2.75) is 37.6 Å². The van der Waals surface area contributed by atoms with Crippen LogP contribution in [0.5, 0.6) is 0 Å². The van der Waals surface area contributed by atoms with Crippen molar-refractivity contribution in [2.24, 2.45) is 0 Å². The lowest BCUT2D eigenvalue weighted by Crippen LogP contribution is -2.44. The van der Waals surface area contributed by atoms with Crippen LogP contribution in [0.4, 0.5) is 0 Å². The Morgan fingerprint density at radius 2 is 1.80 bits per heavy atom. The lowest BCUT2D eigenvalue weighted by atomic mass is 10.1. The van der Waals surface area contributed by atoms with E-state index in [-0.39, 0.29) is 6.04 Å². The Bertz CT molecular complexity index is 595. The van der Waals surface area contributed by atoms with Gasteiger partial charge in [-0.25, -0.2) is 8.42 Å². The van der Waals surface area contributed by atoms with E-state index in [4.69, 9.17) is 0 Å². The van der Waals surface area contributed by atoms with Gasteiger partial charge in [0.2, 0.25) is 10.0 Å². The number of benzene rings is 1. The average Bonchev–Trinajstić information content (AvgIpc) is 2.42. The van der Waals surface area contributed by atoms with Gasteiger partial charge in [0.05, 0.1) is 4.90 Å². The maximum atomic E-state index is 12.8. The molecule has 0 aliphatic carbocycles. The molecule has 0 spiro atoms. The molecule has 4 nitrogen and oxygen atoms in total. The summed E-state index contributed by atoms with van der Waals surface area (Å²) in [5.74, 6) is 0. The first kappa shape index (κ1) is 15.9. The van der Waals surface area contributed by atoms with Gasteiger partial charge in [-0.2, -0.15) is 4.31 Å². The normalized spacial score (nSPS) is 17.6. The third-order valence-electron chi connectivity index (χ3n) is 3.94. The Balaban J connectivity index is 2.36. The van der Waals surface area contributed by atoms with Crippen molar-refractivity contribution < 1.29 is 8.42 Å². The Hall–Kier alpha value is -0.430. The molecule has 1 aliphatic heterocycles. The van der Waals surface area contributed by atoms with E-state index in [1.807, 2.05) is 19.9 Å². The number of sulfonamides is 1. The summed E-state index contributed by atoms with van der Waals surface area (Å²) >= 11 is 3.44. The SMILES string of the molecule is Cc1cc(S(=O)(=O)N(C)C2CCNCC2)c(C)cc1Br. The average molecular weight is 361 g/mol. The predicted molar refractivity (Wildman–Crippen MR) is 84.5 cm³/mol. The van der Waals surface area contributed by atoms with Crippen LogP contribution in [0, 0.1) is 13.8 Å². The molecule has 2 rings (SSSR count). The van der Waals surface area contributed by atoms with Crippen molar-refractivity contribution in [2.75, 3.05) is 20.1 Å². The molecule has 1 saturated heterocycles. The summed E-state index contributed by atoms with van der Waals surface area (Å²) in [7, 11) is -1.73. The summed E-state index contributed by atoms with van der Waals surface area (Å²) < 4.78 is 28.1. The monoisotopic (exact) mass is 360 g/mol. The van der Waals surface area contributed by atoms with Gasteiger partial charge in [-0.1, -0.05) is 15.9 Å². The van der Waals surface area contributed by atoms with Crippen molar-refractivity contribution in [3.05, 3.63) is 27.7 Å². The highest BCUT2D eigenvalue weighted by molar-refractivity contribution is 9.10. The number of nitrogens with one attached hydrogen (secondary N) is 1. The van der Waals surface area contributed by atoms with Gasteiger partial charge < -0.3 is 5.32 Å². The predicted octanol–water partition coefficient (Wildman–Crippen LogP) is 2.44. The molecule has 20 heavy (non-hydrogen) atoms. The number of rotatable bonds is 3. The maximum absolute atomic E-state index is 12.8. The minimum absolute atomic E-state index is 0.0876. The number of piperidine rings is 1. The molecule has 0 atom stereocenters. The van der Waals surface area contributed by atoms with E-state index >= 15 is 0 Å². The van der Waals surface area contributed by atoms with Crippen LogP contribution in [-0.2, 0) is 10.0 Å². The number of halogens is 1. The summed E-state index contributed by atoms with van der Waals surface area (Å²) in [6, 6.07) is 3.72. The highest BCUT2D eigenvalue weighted by Crippen LogP contribution is 2.28. The van der Waals surface area contributed by atoms with E-state index in [0.29, 0.717) is 4.90 Å². The second kappa shape index (κ2) is 6.13. The van der Waals surface area contributed by atoms with Crippen LogP contribution in [0.2, 0.25) is 0 Å². The molecule has 1 heterocycles. The van der Waals surface area contributed by atoms with Gasteiger partial charge >= 0.3 is 0 Å².